The van der Waals surface area contributed by atoms with Gasteiger partial charge in [-0.1, -0.05) is 0 Å². The number of amides is 2. The van der Waals surface area contributed by atoms with Crippen LogP contribution in [0.4, 0.5) is 5.69 Å². The van der Waals surface area contributed by atoms with Crippen molar-refractivity contribution in [3.05, 3.63) is 40.7 Å². The predicted octanol–water partition coefficient (Wildman–Crippen LogP) is 0.723. The van der Waals surface area contributed by atoms with Gasteiger partial charge < -0.3 is 14.8 Å². The molecule has 0 bridgehead atoms. The number of rotatable bonds is 1. The number of carbonyl (C=O) groups is 2. The molecule has 1 fully saturated rings. The fourth-order valence-electron chi connectivity index (χ4n) is 2.52. The Morgan fingerprint density at radius 1 is 1.14 bits per heavy atom. The Labute approximate surface area is 121 Å². The standard InChI is InChI=1S/C15H15N3O3/c1-10(19)17-6-7-18(15(21)9-17)12-3-4-13-11(8-12)2-5-14(20)16-13/h2-5,8H,6-7,9H2,1H3,(H,16,20). The number of nitrogens with zero attached hydrogens (tertiary/aromatic N) is 2. The number of fused-ring (bicyclic) bond motifs is 1. The normalized spacial score (nSPS) is 15.6. The van der Waals surface area contributed by atoms with Crippen LogP contribution in [0.2, 0.25) is 0 Å². The Morgan fingerprint density at radius 3 is 2.67 bits per heavy atom. The number of aromatic amines is 1. The van der Waals surface area contributed by atoms with E-state index >= 15 is 0 Å². The van der Waals surface area contributed by atoms with Crippen molar-refractivity contribution in [2.24, 2.45) is 0 Å². The van der Waals surface area contributed by atoms with E-state index in [1.54, 1.807) is 23.1 Å². The van der Waals surface area contributed by atoms with E-state index in [0.29, 0.717) is 13.1 Å². The van der Waals surface area contributed by atoms with E-state index in [4.69, 9.17) is 0 Å². The van der Waals surface area contributed by atoms with Gasteiger partial charge in [-0.25, -0.2) is 0 Å². The summed E-state index contributed by atoms with van der Waals surface area (Å²) in [4.78, 5) is 40.7. The van der Waals surface area contributed by atoms with E-state index in [9.17, 15) is 14.4 Å². The second-order valence-corrected chi connectivity index (χ2v) is 5.08. The molecule has 0 spiro atoms. The number of H-pyrrole nitrogens is 1. The molecule has 0 saturated carbocycles. The third-order valence-corrected chi connectivity index (χ3v) is 3.68. The van der Waals surface area contributed by atoms with Gasteiger partial charge in [-0.2, -0.15) is 0 Å². The van der Waals surface area contributed by atoms with Gasteiger partial charge in [-0.05, 0) is 24.3 Å². The molecule has 1 saturated heterocycles. The molecular weight excluding hydrogens is 270 g/mol. The smallest absolute Gasteiger partial charge is 0.248 e. The van der Waals surface area contributed by atoms with Crippen molar-refractivity contribution >= 4 is 28.4 Å². The summed E-state index contributed by atoms with van der Waals surface area (Å²) >= 11 is 0. The minimum absolute atomic E-state index is 0.0842. The molecule has 2 amide bonds. The van der Waals surface area contributed by atoms with E-state index in [1.165, 1.54) is 17.9 Å². The zero-order valence-electron chi connectivity index (χ0n) is 11.6. The number of hydrogen-bond acceptors (Lipinski definition) is 3. The molecule has 1 aromatic carbocycles. The summed E-state index contributed by atoms with van der Waals surface area (Å²) in [5, 5.41) is 0.869. The number of carbonyl (C=O) groups excluding carboxylic acids is 2. The average molecular weight is 285 g/mol. The van der Waals surface area contributed by atoms with Crippen LogP contribution in [0.1, 0.15) is 6.92 Å². The van der Waals surface area contributed by atoms with Gasteiger partial charge in [-0.15, -0.1) is 0 Å². The first-order chi connectivity index (χ1) is 10.0. The Hall–Kier alpha value is -2.63. The van der Waals surface area contributed by atoms with E-state index in [2.05, 4.69) is 4.98 Å². The van der Waals surface area contributed by atoms with Gasteiger partial charge >= 0.3 is 0 Å². The first kappa shape index (κ1) is 13.4. The maximum absolute atomic E-state index is 12.2. The number of anilines is 1. The first-order valence-corrected chi connectivity index (χ1v) is 6.73. The lowest BCUT2D eigenvalue weighted by Gasteiger charge is -2.33. The SMILES string of the molecule is CC(=O)N1CCN(c2ccc3[nH]c(=O)ccc3c2)C(=O)C1. The van der Waals surface area contributed by atoms with Gasteiger partial charge in [0.2, 0.25) is 17.4 Å². The van der Waals surface area contributed by atoms with Crippen LogP contribution in [0.5, 0.6) is 0 Å². The minimum Gasteiger partial charge on any atom is -0.332 e. The quantitative estimate of drug-likeness (QED) is 0.839. The van der Waals surface area contributed by atoms with E-state index in [0.717, 1.165) is 16.6 Å². The van der Waals surface area contributed by atoms with Crippen LogP contribution in [0.25, 0.3) is 10.9 Å². The summed E-state index contributed by atoms with van der Waals surface area (Å²) in [6.45, 7) is 2.59. The van der Waals surface area contributed by atoms with Crippen molar-refractivity contribution in [2.75, 3.05) is 24.5 Å². The lowest BCUT2D eigenvalue weighted by atomic mass is 10.1. The molecule has 3 rings (SSSR count). The van der Waals surface area contributed by atoms with Crippen LogP contribution in [0.15, 0.2) is 35.1 Å². The third-order valence-electron chi connectivity index (χ3n) is 3.68. The monoisotopic (exact) mass is 285 g/mol. The van der Waals surface area contributed by atoms with E-state index in [1.807, 2.05) is 6.07 Å². The zero-order chi connectivity index (χ0) is 15.0. The molecule has 1 aromatic heterocycles. The van der Waals surface area contributed by atoms with Gasteiger partial charge in [0.1, 0.15) is 6.54 Å². The molecule has 6 nitrogen and oxygen atoms in total. The van der Waals surface area contributed by atoms with Crippen molar-refractivity contribution in [1.82, 2.24) is 9.88 Å². The van der Waals surface area contributed by atoms with Crippen molar-refractivity contribution in [1.29, 1.82) is 0 Å². The van der Waals surface area contributed by atoms with E-state index in [-0.39, 0.29) is 23.9 Å². The van der Waals surface area contributed by atoms with Crippen molar-refractivity contribution in [3.8, 4) is 0 Å². The highest BCUT2D eigenvalue weighted by molar-refractivity contribution is 5.99. The Bertz CT molecular complexity index is 781. The summed E-state index contributed by atoms with van der Waals surface area (Å²) in [7, 11) is 0. The summed E-state index contributed by atoms with van der Waals surface area (Å²) in [5.74, 6) is -0.181. The topological polar surface area (TPSA) is 73.5 Å². The first-order valence-electron chi connectivity index (χ1n) is 6.73. The molecule has 2 aromatic rings. The lowest BCUT2D eigenvalue weighted by molar-refractivity contribution is -0.135. The number of benzene rings is 1. The van der Waals surface area contributed by atoms with E-state index < -0.39 is 0 Å². The summed E-state index contributed by atoms with van der Waals surface area (Å²) in [6.07, 6.45) is 0. The number of nitrogens with one attached hydrogen (secondary N) is 1. The van der Waals surface area contributed by atoms with Crippen molar-refractivity contribution in [3.63, 3.8) is 0 Å². The molecule has 0 unspecified atom stereocenters. The Morgan fingerprint density at radius 2 is 1.95 bits per heavy atom. The van der Waals surface area contributed by atoms with Crippen LogP contribution in [-0.2, 0) is 9.59 Å². The summed E-state index contributed by atoms with van der Waals surface area (Å²) in [6, 6.07) is 8.65. The number of pyridine rings is 1. The molecule has 0 aliphatic carbocycles. The Kier molecular flexibility index (Phi) is 3.21. The predicted molar refractivity (Wildman–Crippen MR) is 79.2 cm³/mol. The molecule has 1 aliphatic heterocycles. The molecule has 21 heavy (non-hydrogen) atoms. The van der Waals surface area contributed by atoms with Crippen molar-refractivity contribution in [2.45, 2.75) is 6.92 Å². The van der Waals surface area contributed by atoms with Gasteiger partial charge in [0, 0.05) is 42.7 Å². The van der Waals surface area contributed by atoms with Crippen LogP contribution in [-0.4, -0.2) is 41.3 Å². The second kappa shape index (κ2) is 5.05. The van der Waals surface area contributed by atoms with Crippen LogP contribution in [0, 0.1) is 0 Å². The molecule has 1 aliphatic rings. The molecule has 108 valence electrons. The third kappa shape index (κ3) is 2.52. The number of aromatic nitrogens is 1. The summed E-state index contributed by atoms with van der Waals surface area (Å²) < 4.78 is 0. The highest BCUT2D eigenvalue weighted by Crippen LogP contribution is 2.22. The van der Waals surface area contributed by atoms with Gasteiger partial charge in [0.15, 0.2) is 0 Å². The van der Waals surface area contributed by atoms with Gasteiger partial charge in [0.25, 0.3) is 0 Å². The number of hydrogen-bond donors (Lipinski definition) is 1. The van der Waals surface area contributed by atoms with Crippen LogP contribution < -0.4 is 10.5 Å². The molecule has 1 N–H and O–H groups in total. The zero-order valence-corrected chi connectivity index (χ0v) is 11.6. The van der Waals surface area contributed by atoms with Crippen molar-refractivity contribution < 1.29 is 9.59 Å². The largest absolute Gasteiger partial charge is 0.332 e. The fraction of sp³-hybridized carbons (Fsp3) is 0.267. The fourth-order valence-corrected chi connectivity index (χ4v) is 2.52. The van der Waals surface area contributed by atoms with Gasteiger partial charge in [0.05, 0.1) is 0 Å². The Balaban J connectivity index is 1.90. The maximum Gasteiger partial charge on any atom is 0.248 e. The van der Waals surface area contributed by atoms with Crippen LogP contribution >= 0.6 is 0 Å². The van der Waals surface area contributed by atoms with Gasteiger partial charge in [-0.3, -0.25) is 14.4 Å². The highest BCUT2D eigenvalue weighted by Gasteiger charge is 2.26. The lowest BCUT2D eigenvalue weighted by Crippen LogP contribution is -2.51. The highest BCUT2D eigenvalue weighted by atomic mass is 16.2. The minimum atomic E-state index is -0.151. The molecule has 0 radical (unpaired) electrons. The molecule has 6 heteroatoms. The maximum atomic E-state index is 12.2. The molecule has 0 atom stereocenters. The van der Waals surface area contributed by atoms with Crippen LogP contribution in [0.3, 0.4) is 0 Å². The number of piperazine rings is 1. The molecular formula is C15H15N3O3. The summed E-state index contributed by atoms with van der Waals surface area (Å²) in [5.41, 5.74) is 1.37. The molecule has 2 heterocycles. The average Bonchev–Trinajstić information content (AvgIpc) is 2.46. The second-order valence-electron chi connectivity index (χ2n) is 5.08.